The third-order valence-electron chi connectivity index (χ3n) is 2.63. The number of allylic oxidation sites excluding steroid dienone is 1. The van der Waals surface area contributed by atoms with Gasteiger partial charge in [-0.2, -0.15) is 0 Å². The number of ether oxygens (including phenoxy) is 1. The van der Waals surface area contributed by atoms with Gasteiger partial charge in [-0.25, -0.2) is 0 Å². The van der Waals surface area contributed by atoms with Gasteiger partial charge in [0, 0.05) is 0 Å². The lowest BCUT2D eigenvalue weighted by molar-refractivity contribution is 0.308. The summed E-state index contributed by atoms with van der Waals surface area (Å²) in [5.74, 6) is 0.729. The van der Waals surface area contributed by atoms with Crippen LogP contribution in [-0.4, -0.2) is 0 Å². The number of benzene rings is 2. The van der Waals surface area contributed by atoms with Crippen molar-refractivity contribution in [3.8, 4) is 5.75 Å². The largest absolute Gasteiger partial charge is 0.487 e. The van der Waals surface area contributed by atoms with Crippen LogP contribution in [0.3, 0.4) is 0 Å². The molecule has 2 rings (SSSR count). The summed E-state index contributed by atoms with van der Waals surface area (Å²) in [6.07, 6.45) is 4.00. The van der Waals surface area contributed by atoms with E-state index < -0.39 is 0 Å². The average molecular weight is 239 g/mol. The van der Waals surface area contributed by atoms with Gasteiger partial charge in [-0.3, -0.25) is 0 Å². The Labute approximate surface area is 108 Å². The van der Waals surface area contributed by atoms with Crippen LogP contribution in [0.5, 0.6) is 5.75 Å². The second-order valence-corrected chi connectivity index (χ2v) is 4.07. The van der Waals surface area contributed by atoms with Crippen LogP contribution in [0.25, 0.3) is 6.08 Å². The van der Waals surface area contributed by atoms with Crippen molar-refractivity contribution in [3.63, 3.8) is 0 Å². The maximum atomic E-state index is 5.96. The normalized spacial score (nSPS) is 10.7. The minimum Gasteiger partial charge on any atom is -0.487 e. The number of hydrogen-bond acceptors (Lipinski definition) is 2. The fourth-order valence-corrected chi connectivity index (χ4v) is 1.73. The molecule has 0 saturated heterocycles. The van der Waals surface area contributed by atoms with E-state index in [0.717, 1.165) is 16.9 Å². The van der Waals surface area contributed by atoms with Crippen LogP contribution < -0.4 is 10.5 Å². The summed E-state index contributed by atoms with van der Waals surface area (Å²) in [5.41, 5.74) is 8.84. The fraction of sp³-hybridized carbons (Fsp3) is 0.125. The van der Waals surface area contributed by atoms with Crippen molar-refractivity contribution in [1.82, 2.24) is 0 Å². The minimum absolute atomic E-state index is 0.536. The number of nitrogens with two attached hydrogens (primary N) is 1. The Kier molecular flexibility index (Phi) is 4.02. The second kappa shape index (κ2) is 5.92. The van der Waals surface area contributed by atoms with E-state index in [9.17, 15) is 0 Å². The maximum Gasteiger partial charge on any atom is 0.142 e. The summed E-state index contributed by atoms with van der Waals surface area (Å²) in [6, 6.07) is 15.9. The number of nitrogen functional groups attached to an aromatic ring is 1. The van der Waals surface area contributed by atoms with Crippen molar-refractivity contribution in [2.75, 3.05) is 5.73 Å². The highest BCUT2D eigenvalue weighted by Crippen LogP contribution is 2.24. The van der Waals surface area contributed by atoms with E-state index in [1.165, 1.54) is 0 Å². The molecule has 0 atom stereocenters. The molecule has 92 valence electrons. The second-order valence-electron chi connectivity index (χ2n) is 4.07. The van der Waals surface area contributed by atoms with Gasteiger partial charge in [0.05, 0.1) is 5.69 Å². The molecule has 18 heavy (non-hydrogen) atoms. The van der Waals surface area contributed by atoms with Gasteiger partial charge in [0.25, 0.3) is 0 Å². The topological polar surface area (TPSA) is 35.2 Å². The molecule has 0 unspecified atom stereocenters. The Morgan fingerprint density at radius 2 is 1.89 bits per heavy atom. The standard InChI is InChI=1S/C16H17NO/c1-2-6-13-9-10-16(15(17)11-13)18-12-14-7-4-3-5-8-14/h2-11H,12,17H2,1H3/b6-2-. The molecular formula is C16H17NO. The molecule has 2 aromatic rings. The van der Waals surface area contributed by atoms with E-state index in [4.69, 9.17) is 10.5 Å². The lowest BCUT2D eigenvalue weighted by Crippen LogP contribution is -1.98. The highest BCUT2D eigenvalue weighted by atomic mass is 16.5. The fourth-order valence-electron chi connectivity index (χ4n) is 1.73. The molecule has 0 radical (unpaired) electrons. The third kappa shape index (κ3) is 3.14. The van der Waals surface area contributed by atoms with Crippen LogP contribution in [-0.2, 0) is 6.61 Å². The van der Waals surface area contributed by atoms with E-state index in [2.05, 4.69) is 0 Å². The zero-order valence-corrected chi connectivity index (χ0v) is 10.5. The molecule has 0 aliphatic rings. The molecule has 2 aromatic carbocycles. The predicted octanol–water partition coefficient (Wildman–Crippen LogP) is 3.88. The molecule has 2 nitrogen and oxygen atoms in total. The highest BCUT2D eigenvalue weighted by Gasteiger charge is 2.01. The van der Waals surface area contributed by atoms with E-state index in [1.807, 2.05) is 67.6 Å². The Bertz CT molecular complexity index is 532. The first-order chi connectivity index (χ1) is 8.79. The molecule has 0 bridgehead atoms. The lowest BCUT2D eigenvalue weighted by Gasteiger charge is -2.09. The highest BCUT2D eigenvalue weighted by molar-refractivity contribution is 5.61. The Morgan fingerprint density at radius 1 is 1.11 bits per heavy atom. The first kappa shape index (κ1) is 12.2. The molecule has 0 spiro atoms. The van der Waals surface area contributed by atoms with Crippen LogP contribution in [0.2, 0.25) is 0 Å². The van der Waals surface area contributed by atoms with Gasteiger partial charge in [-0.15, -0.1) is 0 Å². The van der Waals surface area contributed by atoms with Crippen molar-refractivity contribution in [1.29, 1.82) is 0 Å². The van der Waals surface area contributed by atoms with E-state index in [1.54, 1.807) is 0 Å². The van der Waals surface area contributed by atoms with Gasteiger partial charge >= 0.3 is 0 Å². The quantitative estimate of drug-likeness (QED) is 0.822. The number of rotatable bonds is 4. The van der Waals surface area contributed by atoms with Crippen LogP contribution >= 0.6 is 0 Å². The molecule has 0 aromatic heterocycles. The average Bonchev–Trinajstić information content (AvgIpc) is 2.39. The number of hydrogen-bond donors (Lipinski definition) is 1. The van der Waals surface area contributed by atoms with Crippen molar-refractivity contribution in [2.24, 2.45) is 0 Å². The van der Waals surface area contributed by atoms with Gasteiger partial charge in [0.2, 0.25) is 0 Å². The molecule has 0 amide bonds. The predicted molar refractivity (Wildman–Crippen MR) is 76.3 cm³/mol. The molecule has 0 aliphatic heterocycles. The molecule has 0 saturated carbocycles. The van der Waals surface area contributed by atoms with Crippen molar-refractivity contribution < 1.29 is 4.74 Å². The van der Waals surface area contributed by atoms with Crippen LogP contribution in [0.1, 0.15) is 18.1 Å². The first-order valence-electron chi connectivity index (χ1n) is 5.98. The first-order valence-corrected chi connectivity index (χ1v) is 5.98. The monoisotopic (exact) mass is 239 g/mol. The SMILES string of the molecule is C/C=C\c1ccc(OCc2ccccc2)c(N)c1. The summed E-state index contributed by atoms with van der Waals surface area (Å²) in [7, 11) is 0. The lowest BCUT2D eigenvalue weighted by atomic mass is 10.2. The zero-order chi connectivity index (χ0) is 12.8. The Morgan fingerprint density at radius 3 is 2.56 bits per heavy atom. The Hall–Kier alpha value is -2.22. The van der Waals surface area contributed by atoms with Crippen molar-refractivity contribution in [3.05, 3.63) is 65.7 Å². The van der Waals surface area contributed by atoms with Gasteiger partial charge in [0.1, 0.15) is 12.4 Å². The Balaban J connectivity index is 2.06. The van der Waals surface area contributed by atoms with Gasteiger partial charge < -0.3 is 10.5 Å². The third-order valence-corrected chi connectivity index (χ3v) is 2.63. The van der Waals surface area contributed by atoms with E-state index in [-0.39, 0.29) is 0 Å². The van der Waals surface area contributed by atoms with E-state index >= 15 is 0 Å². The molecule has 0 heterocycles. The molecule has 0 fully saturated rings. The van der Waals surface area contributed by atoms with Crippen LogP contribution in [0, 0.1) is 0 Å². The summed E-state index contributed by atoms with van der Waals surface area (Å²) in [6.45, 7) is 2.52. The molecule has 2 heteroatoms. The summed E-state index contributed by atoms with van der Waals surface area (Å²) >= 11 is 0. The van der Waals surface area contributed by atoms with Crippen molar-refractivity contribution >= 4 is 11.8 Å². The molecule has 0 aliphatic carbocycles. The molecule has 2 N–H and O–H groups in total. The summed E-state index contributed by atoms with van der Waals surface area (Å²) in [4.78, 5) is 0. The van der Waals surface area contributed by atoms with E-state index in [0.29, 0.717) is 12.3 Å². The smallest absolute Gasteiger partial charge is 0.142 e. The van der Waals surface area contributed by atoms with Gasteiger partial charge in [-0.05, 0) is 30.2 Å². The van der Waals surface area contributed by atoms with Gasteiger partial charge in [-0.1, -0.05) is 48.6 Å². The minimum atomic E-state index is 0.536. The zero-order valence-electron chi connectivity index (χ0n) is 10.5. The molecular weight excluding hydrogens is 222 g/mol. The maximum absolute atomic E-state index is 5.96. The summed E-state index contributed by atoms with van der Waals surface area (Å²) in [5, 5.41) is 0. The number of anilines is 1. The van der Waals surface area contributed by atoms with Crippen LogP contribution in [0.4, 0.5) is 5.69 Å². The summed E-state index contributed by atoms with van der Waals surface area (Å²) < 4.78 is 5.71. The van der Waals surface area contributed by atoms with Gasteiger partial charge in [0.15, 0.2) is 0 Å². The van der Waals surface area contributed by atoms with Crippen molar-refractivity contribution in [2.45, 2.75) is 13.5 Å². The van der Waals surface area contributed by atoms with Crippen LogP contribution in [0.15, 0.2) is 54.6 Å².